The van der Waals surface area contributed by atoms with E-state index in [-0.39, 0.29) is 11.9 Å². The number of phenolic OH excluding ortho intramolecular Hbond substituents is 1. The Hall–Kier alpha value is -3.54. The summed E-state index contributed by atoms with van der Waals surface area (Å²) in [4.78, 5) is 19.7. The molecule has 6 heteroatoms. The number of rotatable bonds is 4. The van der Waals surface area contributed by atoms with E-state index in [2.05, 4.69) is 4.98 Å². The molecule has 1 aromatic heterocycles. The number of carbonyl (C=O) groups excluding carboxylic acids is 1. The van der Waals surface area contributed by atoms with E-state index in [4.69, 9.17) is 4.74 Å². The summed E-state index contributed by atoms with van der Waals surface area (Å²) in [7, 11) is 1.66. The third-order valence-electron chi connectivity index (χ3n) is 6.46. The Morgan fingerprint density at radius 1 is 1.19 bits per heavy atom. The van der Waals surface area contributed by atoms with Crippen molar-refractivity contribution in [1.82, 2.24) is 14.5 Å². The van der Waals surface area contributed by atoms with Gasteiger partial charge in [0, 0.05) is 18.3 Å². The summed E-state index contributed by atoms with van der Waals surface area (Å²) in [6, 6.07) is 11.6. The van der Waals surface area contributed by atoms with Crippen molar-refractivity contribution in [3.8, 4) is 17.2 Å². The van der Waals surface area contributed by atoms with Gasteiger partial charge in [0.25, 0.3) is 0 Å². The topological polar surface area (TPSA) is 67.6 Å². The van der Waals surface area contributed by atoms with Gasteiger partial charge in [-0.3, -0.25) is 4.79 Å². The second-order valence-corrected chi connectivity index (χ2v) is 8.56. The van der Waals surface area contributed by atoms with Crippen molar-refractivity contribution in [2.24, 2.45) is 0 Å². The zero-order valence-electron chi connectivity index (χ0n) is 18.4. The number of amides is 1. The molecule has 1 atom stereocenters. The third kappa shape index (κ3) is 3.66. The molecule has 0 spiro atoms. The highest BCUT2D eigenvalue weighted by atomic mass is 16.5. The summed E-state index contributed by atoms with van der Waals surface area (Å²) in [5, 5.41) is 9.78. The van der Waals surface area contributed by atoms with Crippen LogP contribution in [0, 0.1) is 6.92 Å². The molecule has 32 heavy (non-hydrogen) atoms. The Morgan fingerprint density at radius 3 is 2.84 bits per heavy atom. The number of piperidine rings is 1. The van der Waals surface area contributed by atoms with Crippen LogP contribution in [-0.4, -0.2) is 39.1 Å². The predicted octanol–water partition coefficient (Wildman–Crippen LogP) is 4.59. The fourth-order valence-electron chi connectivity index (χ4n) is 4.92. The largest absolute Gasteiger partial charge is 0.508 e. The number of aromatic nitrogens is 2. The van der Waals surface area contributed by atoms with Gasteiger partial charge in [0.15, 0.2) is 0 Å². The summed E-state index contributed by atoms with van der Waals surface area (Å²) in [6.45, 7) is 2.72. The Morgan fingerprint density at radius 2 is 2.06 bits per heavy atom. The van der Waals surface area contributed by atoms with Crippen LogP contribution in [-0.2, 0) is 11.2 Å². The molecule has 2 heterocycles. The number of benzene rings is 2. The molecule has 3 aromatic rings. The Bertz CT molecular complexity index is 1210. The van der Waals surface area contributed by atoms with Gasteiger partial charge in [0.1, 0.15) is 11.5 Å². The summed E-state index contributed by atoms with van der Waals surface area (Å²) < 4.78 is 7.56. The van der Waals surface area contributed by atoms with Gasteiger partial charge in [-0.25, -0.2) is 4.98 Å². The number of aryl methyl sites for hydroxylation is 2. The number of carbonyl (C=O) groups is 1. The fraction of sp³-hybridized carbons (Fsp3) is 0.308. The molecule has 2 aliphatic rings. The average Bonchev–Trinajstić information content (AvgIpc) is 3.41. The minimum atomic E-state index is 0.0863. The number of nitrogens with zero attached hydrogens (tertiary/aromatic N) is 3. The van der Waals surface area contributed by atoms with Gasteiger partial charge in [-0.1, -0.05) is 12.1 Å². The second-order valence-electron chi connectivity index (χ2n) is 8.56. The first-order chi connectivity index (χ1) is 15.5. The quantitative estimate of drug-likeness (QED) is 0.616. The zero-order chi connectivity index (χ0) is 22.2. The molecule has 5 rings (SSSR count). The summed E-state index contributed by atoms with van der Waals surface area (Å²) >= 11 is 0. The van der Waals surface area contributed by atoms with Crippen LogP contribution in [0.2, 0.25) is 0 Å². The monoisotopic (exact) mass is 429 g/mol. The molecule has 6 nitrogen and oxygen atoms in total. The maximum Gasteiger partial charge on any atom is 0.250 e. The number of imidazole rings is 1. The molecule has 0 saturated carbocycles. The van der Waals surface area contributed by atoms with E-state index in [9.17, 15) is 9.90 Å². The van der Waals surface area contributed by atoms with Gasteiger partial charge in [0.05, 0.1) is 30.9 Å². The number of methoxy groups -OCH3 is 1. The third-order valence-corrected chi connectivity index (χ3v) is 6.46. The molecular weight excluding hydrogens is 402 g/mol. The van der Waals surface area contributed by atoms with Crippen LogP contribution in [0.3, 0.4) is 0 Å². The van der Waals surface area contributed by atoms with E-state index in [0.717, 1.165) is 66.1 Å². The molecule has 1 saturated heterocycles. The van der Waals surface area contributed by atoms with Gasteiger partial charge < -0.3 is 19.3 Å². The van der Waals surface area contributed by atoms with Crippen LogP contribution in [0.5, 0.6) is 11.5 Å². The molecule has 1 fully saturated rings. The van der Waals surface area contributed by atoms with E-state index in [1.54, 1.807) is 19.5 Å². The Kier molecular flexibility index (Phi) is 5.21. The standard InChI is InChI=1S/C26H27N3O3/c1-17-15-28(16-27-17)24-9-5-18(13-25(24)32-2)12-20-4-3-11-29(26(20)31)23-10-6-19-14-21(30)7-8-22(19)23/h5,7-9,12-16,23,30H,3-4,6,10-11H2,1-2H3/b20-12+/t23-/m0/s1. The van der Waals surface area contributed by atoms with Crippen LogP contribution in [0.4, 0.5) is 0 Å². The molecule has 164 valence electrons. The van der Waals surface area contributed by atoms with Crippen molar-refractivity contribution in [2.75, 3.05) is 13.7 Å². The summed E-state index contributed by atoms with van der Waals surface area (Å²) in [6.07, 6.45) is 9.24. The molecule has 0 bridgehead atoms. The molecule has 0 radical (unpaired) electrons. The Labute approximate surface area is 187 Å². The van der Waals surface area contributed by atoms with Gasteiger partial charge >= 0.3 is 0 Å². The summed E-state index contributed by atoms with van der Waals surface area (Å²) in [5.74, 6) is 1.13. The first-order valence-corrected chi connectivity index (χ1v) is 11.1. The molecular formula is C26H27N3O3. The molecule has 1 aliphatic heterocycles. The van der Waals surface area contributed by atoms with E-state index >= 15 is 0 Å². The predicted molar refractivity (Wildman–Crippen MR) is 123 cm³/mol. The number of aromatic hydroxyl groups is 1. The first kappa shape index (κ1) is 20.4. The number of likely N-dealkylation sites (tertiary alicyclic amines) is 1. The molecule has 2 aromatic carbocycles. The van der Waals surface area contributed by atoms with Crippen LogP contribution in [0.15, 0.2) is 54.5 Å². The van der Waals surface area contributed by atoms with Crippen LogP contribution >= 0.6 is 0 Å². The molecule has 1 N–H and O–H groups in total. The number of hydrogen-bond acceptors (Lipinski definition) is 4. The van der Waals surface area contributed by atoms with Crippen LogP contribution < -0.4 is 4.74 Å². The average molecular weight is 430 g/mol. The van der Waals surface area contributed by atoms with Crippen LogP contribution in [0.1, 0.15) is 47.7 Å². The van der Waals surface area contributed by atoms with E-state index in [1.165, 1.54) is 5.56 Å². The highest BCUT2D eigenvalue weighted by molar-refractivity contribution is 5.99. The van der Waals surface area contributed by atoms with Gasteiger partial charge in [-0.15, -0.1) is 0 Å². The second kappa shape index (κ2) is 8.19. The highest BCUT2D eigenvalue weighted by Crippen LogP contribution is 2.40. The fourth-order valence-corrected chi connectivity index (χ4v) is 4.92. The minimum Gasteiger partial charge on any atom is -0.508 e. The lowest BCUT2D eigenvalue weighted by molar-refractivity contribution is -0.131. The van der Waals surface area contributed by atoms with E-state index in [1.807, 2.05) is 59.0 Å². The van der Waals surface area contributed by atoms with Gasteiger partial charge in [-0.05, 0) is 79.6 Å². The van der Waals surface area contributed by atoms with E-state index < -0.39 is 0 Å². The Balaban J connectivity index is 1.42. The number of phenols is 1. The SMILES string of the molecule is COc1cc(/C=C2\CCCN([C@H]3CCc4cc(O)ccc43)C2=O)ccc1-n1cnc(C)c1. The zero-order valence-corrected chi connectivity index (χ0v) is 18.4. The number of ether oxygens (including phenoxy) is 1. The molecule has 1 amide bonds. The normalized spacial score (nSPS) is 19.4. The van der Waals surface area contributed by atoms with Crippen molar-refractivity contribution in [3.63, 3.8) is 0 Å². The van der Waals surface area contributed by atoms with Crippen molar-refractivity contribution in [3.05, 3.63) is 76.9 Å². The maximum absolute atomic E-state index is 13.4. The van der Waals surface area contributed by atoms with Crippen molar-refractivity contribution in [1.29, 1.82) is 0 Å². The number of fused-ring (bicyclic) bond motifs is 1. The smallest absolute Gasteiger partial charge is 0.250 e. The lowest BCUT2D eigenvalue weighted by Crippen LogP contribution is -2.39. The minimum absolute atomic E-state index is 0.0863. The maximum atomic E-state index is 13.4. The first-order valence-electron chi connectivity index (χ1n) is 11.1. The van der Waals surface area contributed by atoms with Crippen LogP contribution in [0.25, 0.3) is 11.8 Å². The number of hydrogen-bond donors (Lipinski definition) is 1. The van der Waals surface area contributed by atoms with Crippen molar-refractivity contribution >= 4 is 12.0 Å². The highest BCUT2D eigenvalue weighted by Gasteiger charge is 2.34. The van der Waals surface area contributed by atoms with Crippen molar-refractivity contribution < 1.29 is 14.6 Å². The van der Waals surface area contributed by atoms with E-state index in [0.29, 0.717) is 5.75 Å². The molecule has 1 aliphatic carbocycles. The summed E-state index contributed by atoms with van der Waals surface area (Å²) in [5.41, 5.74) is 5.95. The van der Waals surface area contributed by atoms with Gasteiger partial charge in [-0.2, -0.15) is 0 Å². The lowest BCUT2D eigenvalue weighted by atomic mass is 9.97. The lowest BCUT2D eigenvalue weighted by Gasteiger charge is -2.34. The van der Waals surface area contributed by atoms with Gasteiger partial charge in [0.2, 0.25) is 5.91 Å². The molecule has 0 unspecified atom stereocenters. The van der Waals surface area contributed by atoms with Crippen molar-refractivity contribution in [2.45, 2.75) is 38.6 Å².